The van der Waals surface area contributed by atoms with E-state index in [9.17, 15) is 4.79 Å². The first-order valence-corrected chi connectivity index (χ1v) is 4.00. The zero-order chi connectivity index (χ0) is 8.27. The molecule has 0 aromatic carbocycles. The molecule has 1 aliphatic heterocycles. The van der Waals surface area contributed by atoms with Crippen LogP contribution in [0.15, 0.2) is 0 Å². The smallest absolute Gasteiger partial charge is 0.314 e. The highest BCUT2D eigenvalue weighted by atomic mass is 16.2. The number of primary amides is 1. The molecule has 1 rings (SSSR count). The molecular formula is C7H15N3O. The van der Waals surface area contributed by atoms with Crippen molar-refractivity contribution in [2.24, 2.45) is 11.5 Å². The lowest BCUT2D eigenvalue weighted by Crippen LogP contribution is -2.36. The number of carbonyl (C=O) groups excluding carboxylic acids is 1. The maximum absolute atomic E-state index is 10.7. The summed E-state index contributed by atoms with van der Waals surface area (Å²) in [5, 5.41) is 0. The van der Waals surface area contributed by atoms with E-state index in [4.69, 9.17) is 11.5 Å². The fourth-order valence-corrected chi connectivity index (χ4v) is 1.34. The van der Waals surface area contributed by atoms with Gasteiger partial charge in [-0.1, -0.05) is 0 Å². The Balaban J connectivity index is 2.40. The predicted molar refractivity (Wildman–Crippen MR) is 43.0 cm³/mol. The Labute approximate surface area is 66.5 Å². The average Bonchev–Trinajstić information content (AvgIpc) is 2.13. The Bertz CT molecular complexity index is 149. The van der Waals surface area contributed by atoms with Crippen molar-refractivity contribution >= 4 is 6.03 Å². The number of amides is 2. The minimum atomic E-state index is -0.320. The lowest BCUT2D eigenvalue weighted by molar-refractivity contribution is 0.209. The van der Waals surface area contributed by atoms with E-state index in [2.05, 4.69) is 0 Å². The number of nitrogens with zero attached hydrogens (tertiary/aromatic N) is 1. The van der Waals surface area contributed by atoms with Gasteiger partial charge in [0.15, 0.2) is 0 Å². The summed E-state index contributed by atoms with van der Waals surface area (Å²) in [7, 11) is 0. The van der Waals surface area contributed by atoms with Gasteiger partial charge in [-0.2, -0.15) is 0 Å². The SMILES string of the molecule is NC(=O)N1CCCC(N)CC1. The van der Waals surface area contributed by atoms with Crippen LogP contribution in [0.4, 0.5) is 4.79 Å². The van der Waals surface area contributed by atoms with Crippen molar-refractivity contribution in [2.45, 2.75) is 25.3 Å². The largest absolute Gasteiger partial charge is 0.351 e. The number of carbonyl (C=O) groups is 1. The number of hydrogen-bond donors (Lipinski definition) is 2. The Morgan fingerprint density at radius 2 is 2.09 bits per heavy atom. The van der Waals surface area contributed by atoms with Gasteiger partial charge in [-0.15, -0.1) is 0 Å². The van der Waals surface area contributed by atoms with Crippen molar-refractivity contribution in [2.75, 3.05) is 13.1 Å². The van der Waals surface area contributed by atoms with Gasteiger partial charge < -0.3 is 16.4 Å². The van der Waals surface area contributed by atoms with Crippen LogP contribution in [0, 0.1) is 0 Å². The molecule has 0 aliphatic carbocycles. The van der Waals surface area contributed by atoms with Crippen molar-refractivity contribution in [3.8, 4) is 0 Å². The molecule has 0 aromatic rings. The highest BCUT2D eigenvalue weighted by molar-refractivity contribution is 5.71. The van der Waals surface area contributed by atoms with E-state index in [1.807, 2.05) is 0 Å². The Kier molecular flexibility index (Phi) is 2.70. The highest BCUT2D eigenvalue weighted by Gasteiger charge is 2.15. The van der Waals surface area contributed by atoms with Gasteiger partial charge in [0.1, 0.15) is 0 Å². The molecule has 0 radical (unpaired) electrons. The fraction of sp³-hybridized carbons (Fsp3) is 0.857. The van der Waals surface area contributed by atoms with Gasteiger partial charge in [-0.3, -0.25) is 0 Å². The lowest BCUT2D eigenvalue weighted by atomic mass is 10.1. The lowest BCUT2D eigenvalue weighted by Gasteiger charge is -2.16. The van der Waals surface area contributed by atoms with E-state index in [1.54, 1.807) is 4.90 Å². The molecule has 11 heavy (non-hydrogen) atoms. The number of nitrogens with two attached hydrogens (primary N) is 2. The van der Waals surface area contributed by atoms with Gasteiger partial charge in [-0.05, 0) is 19.3 Å². The van der Waals surface area contributed by atoms with E-state index < -0.39 is 0 Å². The summed E-state index contributed by atoms with van der Waals surface area (Å²) in [5.74, 6) is 0. The number of urea groups is 1. The molecule has 64 valence electrons. The molecule has 0 saturated carbocycles. The second kappa shape index (κ2) is 3.57. The molecule has 1 atom stereocenters. The molecule has 2 amide bonds. The zero-order valence-corrected chi connectivity index (χ0v) is 6.62. The Morgan fingerprint density at radius 1 is 1.36 bits per heavy atom. The Morgan fingerprint density at radius 3 is 2.73 bits per heavy atom. The van der Waals surface area contributed by atoms with E-state index in [0.29, 0.717) is 0 Å². The molecule has 0 bridgehead atoms. The van der Waals surface area contributed by atoms with Crippen LogP contribution in [-0.2, 0) is 0 Å². The first-order valence-electron chi connectivity index (χ1n) is 4.00. The quantitative estimate of drug-likeness (QED) is 0.514. The molecule has 4 N–H and O–H groups in total. The van der Waals surface area contributed by atoms with Gasteiger partial charge in [0.25, 0.3) is 0 Å². The molecule has 0 spiro atoms. The zero-order valence-electron chi connectivity index (χ0n) is 6.62. The van der Waals surface area contributed by atoms with Gasteiger partial charge in [0.2, 0.25) is 0 Å². The average molecular weight is 157 g/mol. The number of hydrogen-bond acceptors (Lipinski definition) is 2. The summed E-state index contributed by atoms with van der Waals surface area (Å²) in [4.78, 5) is 12.4. The monoisotopic (exact) mass is 157 g/mol. The molecule has 0 aromatic heterocycles. The molecule has 1 unspecified atom stereocenters. The summed E-state index contributed by atoms with van der Waals surface area (Å²) < 4.78 is 0. The normalized spacial score (nSPS) is 26.3. The summed E-state index contributed by atoms with van der Waals surface area (Å²) in [6, 6.07) is -0.0709. The van der Waals surface area contributed by atoms with Crippen LogP contribution in [0.25, 0.3) is 0 Å². The summed E-state index contributed by atoms with van der Waals surface area (Å²) in [6.07, 6.45) is 2.86. The third-order valence-electron chi connectivity index (χ3n) is 2.08. The maximum Gasteiger partial charge on any atom is 0.314 e. The first kappa shape index (κ1) is 8.33. The van der Waals surface area contributed by atoms with Crippen molar-refractivity contribution in [3.05, 3.63) is 0 Å². The second-order valence-corrected chi connectivity index (χ2v) is 3.02. The van der Waals surface area contributed by atoms with Crippen LogP contribution in [0.5, 0.6) is 0 Å². The van der Waals surface area contributed by atoms with Crippen LogP contribution in [0.3, 0.4) is 0 Å². The third-order valence-corrected chi connectivity index (χ3v) is 2.08. The van der Waals surface area contributed by atoms with Crippen LogP contribution in [-0.4, -0.2) is 30.1 Å². The standard InChI is InChI=1S/C7H15N3O/c8-6-2-1-4-10(5-3-6)7(9)11/h6H,1-5,8H2,(H2,9,11). The molecule has 1 saturated heterocycles. The summed E-state index contributed by atoms with van der Waals surface area (Å²) in [6.45, 7) is 1.49. The number of likely N-dealkylation sites (tertiary alicyclic amines) is 1. The molecule has 4 heteroatoms. The third kappa shape index (κ3) is 2.38. The van der Waals surface area contributed by atoms with E-state index in [0.717, 1.165) is 32.4 Å². The van der Waals surface area contributed by atoms with Gasteiger partial charge >= 0.3 is 6.03 Å². The second-order valence-electron chi connectivity index (χ2n) is 3.02. The van der Waals surface area contributed by atoms with E-state index >= 15 is 0 Å². The predicted octanol–water partition coefficient (Wildman–Crippen LogP) is -0.122. The molecule has 1 fully saturated rings. The van der Waals surface area contributed by atoms with Crippen LogP contribution in [0.1, 0.15) is 19.3 Å². The summed E-state index contributed by atoms with van der Waals surface area (Å²) >= 11 is 0. The van der Waals surface area contributed by atoms with E-state index in [-0.39, 0.29) is 12.1 Å². The maximum atomic E-state index is 10.7. The summed E-state index contributed by atoms with van der Waals surface area (Å²) in [5.41, 5.74) is 10.8. The minimum Gasteiger partial charge on any atom is -0.351 e. The number of rotatable bonds is 0. The molecule has 4 nitrogen and oxygen atoms in total. The van der Waals surface area contributed by atoms with Crippen LogP contribution < -0.4 is 11.5 Å². The van der Waals surface area contributed by atoms with Crippen molar-refractivity contribution < 1.29 is 4.79 Å². The van der Waals surface area contributed by atoms with Gasteiger partial charge in [0, 0.05) is 19.1 Å². The van der Waals surface area contributed by atoms with Crippen LogP contribution >= 0.6 is 0 Å². The minimum absolute atomic E-state index is 0.249. The van der Waals surface area contributed by atoms with Crippen molar-refractivity contribution in [1.29, 1.82) is 0 Å². The van der Waals surface area contributed by atoms with Gasteiger partial charge in [-0.25, -0.2) is 4.79 Å². The molecular weight excluding hydrogens is 142 g/mol. The van der Waals surface area contributed by atoms with E-state index in [1.165, 1.54) is 0 Å². The Hall–Kier alpha value is -0.770. The van der Waals surface area contributed by atoms with Crippen molar-refractivity contribution in [3.63, 3.8) is 0 Å². The van der Waals surface area contributed by atoms with Crippen molar-refractivity contribution in [1.82, 2.24) is 4.90 Å². The molecule has 1 aliphatic rings. The highest BCUT2D eigenvalue weighted by Crippen LogP contribution is 2.08. The van der Waals surface area contributed by atoms with Gasteiger partial charge in [0.05, 0.1) is 0 Å². The molecule has 1 heterocycles. The fourth-order valence-electron chi connectivity index (χ4n) is 1.34. The van der Waals surface area contributed by atoms with Crippen LogP contribution in [0.2, 0.25) is 0 Å². The first-order chi connectivity index (χ1) is 5.20. The topological polar surface area (TPSA) is 72.4 Å².